The Bertz CT molecular complexity index is 1250. The minimum Gasteiger partial charge on any atom is -0.423 e. The first-order chi connectivity index (χ1) is 15.7. The van der Waals surface area contributed by atoms with Gasteiger partial charge in [-0.1, -0.05) is 52.5 Å². The Hall–Kier alpha value is -3.10. The molecule has 0 spiro atoms. The maximum Gasteiger partial charge on any atom is 0.345 e. The fraction of sp³-hybridized carbons (Fsp3) is 0. The van der Waals surface area contributed by atoms with Gasteiger partial charge in [-0.2, -0.15) is 5.10 Å². The Morgan fingerprint density at radius 3 is 2.27 bits per heavy atom. The molecule has 2 N–H and O–H groups in total. The van der Waals surface area contributed by atoms with E-state index in [1.54, 1.807) is 24.3 Å². The molecule has 0 unspecified atom stereocenters. The molecule has 0 heterocycles. The summed E-state index contributed by atoms with van der Waals surface area (Å²) in [7, 11) is 0. The zero-order valence-electron chi connectivity index (χ0n) is 16.4. The maximum absolute atomic E-state index is 12.2. The van der Waals surface area contributed by atoms with Gasteiger partial charge in [-0.05, 0) is 60.2 Å². The number of hydrogen-bond acceptors (Lipinski definition) is 5. The maximum atomic E-state index is 12.2. The second kappa shape index (κ2) is 11.2. The van der Waals surface area contributed by atoms with Crippen LogP contribution in [0.3, 0.4) is 0 Å². The predicted molar refractivity (Wildman–Crippen MR) is 129 cm³/mol. The molecule has 0 aliphatic carbocycles. The molecule has 2 amide bonds. The van der Waals surface area contributed by atoms with E-state index in [-0.39, 0.29) is 32.1 Å². The number of benzene rings is 3. The molecular formula is C22H13Cl4N3O4. The van der Waals surface area contributed by atoms with Crippen molar-refractivity contribution in [3.8, 4) is 5.75 Å². The number of anilines is 1. The van der Waals surface area contributed by atoms with E-state index < -0.39 is 17.8 Å². The molecule has 33 heavy (non-hydrogen) atoms. The monoisotopic (exact) mass is 523 g/mol. The summed E-state index contributed by atoms with van der Waals surface area (Å²) in [6.07, 6.45) is 1.30. The number of ether oxygens (including phenoxy) is 1. The van der Waals surface area contributed by atoms with Crippen LogP contribution in [0.25, 0.3) is 0 Å². The topological polar surface area (TPSA) is 96.9 Å². The Labute approximate surface area is 208 Å². The first-order valence-electron chi connectivity index (χ1n) is 9.10. The molecule has 0 fully saturated rings. The van der Waals surface area contributed by atoms with E-state index in [1.165, 1.54) is 42.6 Å². The average molecular weight is 525 g/mol. The van der Waals surface area contributed by atoms with Crippen molar-refractivity contribution in [2.24, 2.45) is 5.10 Å². The number of carbonyl (C=O) groups is 3. The lowest BCUT2D eigenvalue weighted by atomic mass is 10.2. The molecule has 0 bridgehead atoms. The zero-order valence-corrected chi connectivity index (χ0v) is 19.5. The van der Waals surface area contributed by atoms with E-state index in [1.807, 2.05) is 0 Å². The minimum atomic E-state index is -1.01. The third-order valence-electron chi connectivity index (χ3n) is 4.03. The molecule has 168 valence electrons. The second-order valence-corrected chi connectivity index (χ2v) is 7.97. The van der Waals surface area contributed by atoms with Crippen LogP contribution in [0.15, 0.2) is 65.8 Å². The van der Waals surface area contributed by atoms with Gasteiger partial charge in [0.05, 0.1) is 32.5 Å². The van der Waals surface area contributed by atoms with E-state index in [0.29, 0.717) is 10.6 Å². The summed E-state index contributed by atoms with van der Waals surface area (Å²) in [6, 6.07) is 15.3. The number of nitrogens with zero attached hydrogens (tertiary/aromatic N) is 1. The summed E-state index contributed by atoms with van der Waals surface area (Å²) >= 11 is 23.7. The number of halogens is 4. The fourth-order valence-electron chi connectivity index (χ4n) is 2.43. The van der Waals surface area contributed by atoms with Gasteiger partial charge in [-0.15, -0.1) is 0 Å². The third-order valence-corrected chi connectivity index (χ3v) is 5.39. The van der Waals surface area contributed by atoms with E-state index in [4.69, 9.17) is 51.1 Å². The summed E-state index contributed by atoms with van der Waals surface area (Å²) in [5.74, 6) is -2.35. The SMILES string of the molecule is O=C(N/N=C\c1ccc(OC(=O)c2ccc(Cl)cc2Cl)cc1)C(=O)Nc1cccc(Cl)c1Cl. The molecule has 11 heteroatoms. The predicted octanol–water partition coefficient (Wildman–Crippen LogP) is 5.61. The number of carbonyl (C=O) groups excluding carboxylic acids is 3. The summed E-state index contributed by atoms with van der Waals surface area (Å²) in [5, 5.41) is 6.98. The number of hydrogen-bond donors (Lipinski definition) is 2. The summed E-state index contributed by atoms with van der Waals surface area (Å²) in [4.78, 5) is 36.1. The van der Waals surface area contributed by atoms with Crippen molar-refractivity contribution in [3.05, 3.63) is 91.9 Å². The lowest BCUT2D eigenvalue weighted by Crippen LogP contribution is -2.32. The van der Waals surface area contributed by atoms with Crippen LogP contribution in [0, 0.1) is 0 Å². The van der Waals surface area contributed by atoms with E-state index in [0.717, 1.165) is 0 Å². The highest BCUT2D eigenvalue weighted by Crippen LogP contribution is 2.29. The zero-order chi connectivity index (χ0) is 24.0. The molecule has 0 aliphatic heterocycles. The van der Waals surface area contributed by atoms with Gasteiger partial charge in [0.2, 0.25) is 0 Å². The van der Waals surface area contributed by atoms with Crippen LogP contribution in [-0.2, 0) is 9.59 Å². The standard InChI is InChI=1S/C22H13Cl4N3O4/c23-13-6-9-15(17(25)10-13)22(32)33-14-7-4-12(5-8-14)11-27-29-21(31)20(30)28-18-3-1-2-16(24)19(18)26/h1-11H,(H,28,30)(H,29,31)/b27-11-. The Morgan fingerprint density at radius 2 is 1.58 bits per heavy atom. The highest BCUT2D eigenvalue weighted by molar-refractivity contribution is 6.45. The van der Waals surface area contributed by atoms with E-state index >= 15 is 0 Å². The van der Waals surface area contributed by atoms with Gasteiger partial charge in [0.25, 0.3) is 0 Å². The van der Waals surface area contributed by atoms with E-state index in [2.05, 4.69) is 15.8 Å². The normalized spacial score (nSPS) is 10.7. The van der Waals surface area contributed by atoms with Crippen LogP contribution in [0.2, 0.25) is 20.1 Å². The minimum absolute atomic E-state index is 0.114. The van der Waals surface area contributed by atoms with Gasteiger partial charge in [-0.3, -0.25) is 9.59 Å². The van der Waals surface area contributed by atoms with Gasteiger partial charge >= 0.3 is 17.8 Å². The van der Waals surface area contributed by atoms with Crippen LogP contribution in [0.1, 0.15) is 15.9 Å². The molecule has 0 radical (unpaired) electrons. The summed E-state index contributed by atoms with van der Waals surface area (Å²) in [5.41, 5.74) is 3.03. The van der Waals surface area contributed by atoms with Crippen molar-refractivity contribution in [1.82, 2.24) is 5.43 Å². The fourth-order valence-corrected chi connectivity index (χ4v) is 3.27. The molecule has 0 aliphatic rings. The molecule has 3 aromatic carbocycles. The van der Waals surface area contributed by atoms with E-state index in [9.17, 15) is 14.4 Å². The van der Waals surface area contributed by atoms with Crippen LogP contribution >= 0.6 is 46.4 Å². The number of nitrogens with one attached hydrogen (secondary N) is 2. The number of esters is 1. The van der Waals surface area contributed by atoms with Gasteiger partial charge in [0.1, 0.15) is 5.75 Å². The first kappa shape index (κ1) is 24.5. The molecular weight excluding hydrogens is 512 g/mol. The molecule has 0 saturated heterocycles. The van der Waals surface area contributed by atoms with Crippen LogP contribution in [0.5, 0.6) is 5.75 Å². The van der Waals surface area contributed by atoms with Gasteiger partial charge in [0, 0.05) is 5.02 Å². The van der Waals surface area contributed by atoms with Crippen molar-refractivity contribution >= 4 is 76.1 Å². The van der Waals surface area contributed by atoms with Crippen LogP contribution in [0.4, 0.5) is 5.69 Å². The van der Waals surface area contributed by atoms with Gasteiger partial charge < -0.3 is 10.1 Å². The quantitative estimate of drug-likeness (QED) is 0.149. The molecule has 0 atom stereocenters. The van der Waals surface area contributed by atoms with Crippen molar-refractivity contribution in [1.29, 1.82) is 0 Å². The number of amides is 2. The Balaban J connectivity index is 1.54. The van der Waals surface area contributed by atoms with Crippen molar-refractivity contribution in [3.63, 3.8) is 0 Å². The first-order valence-corrected chi connectivity index (χ1v) is 10.6. The number of rotatable bonds is 5. The largest absolute Gasteiger partial charge is 0.423 e. The summed E-state index contributed by atoms with van der Waals surface area (Å²) in [6.45, 7) is 0. The highest BCUT2D eigenvalue weighted by atomic mass is 35.5. The summed E-state index contributed by atoms with van der Waals surface area (Å²) < 4.78 is 5.27. The molecule has 7 nitrogen and oxygen atoms in total. The van der Waals surface area contributed by atoms with Crippen LogP contribution in [-0.4, -0.2) is 24.0 Å². The van der Waals surface area contributed by atoms with Gasteiger partial charge in [0.15, 0.2) is 0 Å². The Morgan fingerprint density at radius 1 is 0.848 bits per heavy atom. The molecule has 0 aromatic heterocycles. The smallest absolute Gasteiger partial charge is 0.345 e. The van der Waals surface area contributed by atoms with Crippen molar-refractivity contribution in [2.75, 3.05) is 5.32 Å². The molecule has 0 saturated carbocycles. The second-order valence-electron chi connectivity index (χ2n) is 6.34. The van der Waals surface area contributed by atoms with Crippen LogP contribution < -0.4 is 15.5 Å². The molecule has 3 aromatic rings. The highest BCUT2D eigenvalue weighted by Gasteiger charge is 2.16. The van der Waals surface area contributed by atoms with Crippen molar-refractivity contribution in [2.45, 2.75) is 0 Å². The van der Waals surface area contributed by atoms with Crippen molar-refractivity contribution < 1.29 is 19.1 Å². The third kappa shape index (κ3) is 6.69. The van der Waals surface area contributed by atoms with Gasteiger partial charge in [-0.25, -0.2) is 10.2 Å². The molecule has 3 rings (SSSR count). The average Bonchev–Trinajstić information content (AvgIpc) is 2.77. The lowest BCUT2D eigenvalue weighted by molar-refractivity contribution is -0.136. The number of hydrazone groups is 1. The lowest BCUT2D eigenvalue weighted by Gasteiger charge is -2.07. The Kier molecular flexibility index (Phi) is 8.30.